The fourth-order valence-corrected chi connectivity index (χ4v) is 1.12. The quantitative estimate of drug-likeness (QED) is 0.418. The standard InChI is InChI=1S/C9H11.C5H5.Ti/c1-2-3-6-9-7-4-5-8-9;1-2-4-5-3-1;/h2-5,7-8H,6H2,1H3;1-5H;/q2*-1;+2. The SMILES string of the molecule is CC=CC[c-]1cccc1.[Ti+2].c1cc[cH-]c1. The van der Waals surface area contributed by atoms with Crippen molar-refractivity contribution in [3.8, 4) is 0 Å². The van der Waals surface area contributed by atoms with Gasteiger partial charge in [-0.2, -0.15) is 35.9 Å². The molecule has 0 N–H and O–H groups in total. The molecule has 0 bridgehead atoms. The van der Waals surface area contributed by atoms with E-state index in [4.69, 9.17) is 0 Å². The largest absolute Gasteiger partial charge is 2.00 e. The monoisotopic (exact) mass is 232 g/mol. The predicted molar refractivity (Wildman–Crippen MR) is 62.6 cm³/mol. The zero-order valence-electron chi connectivity index (χ0n) is 9.06. The summed E-state index contributed by atoms with van der Waals surface area (Å²) in [6.45, 7) is 2.04. The van der Waals surface area contributed by atoms with Crippen molar-refractivity contribution < 1.29 is 21.7 Å². The molecule has 0 fully saturated rings. The third-order valence-corrected chi connectivity index (χ3v) is 1.88. The summed E-state index contributed by atoms with van der Waals surface area (Å²) in [7, 11) is 0. The second-order valence-electron chi connectivity index (χ2n) is 3.03. The first-order valence-electron chi connectivity index (χ1n) is 4.92. The first kappa shape index (κ1) is 14.2. The average Bonchev–Trinajstić information content (AvgIpc) is 2.90. The van der Waals surface area contributed by atoms with Crippen molar-refractivity contribution in [3.05, 3.63) is 72.3 Å². The van der Waals surface area contributed by atoms with Crippen LogP contribution in [0.25, 0.3) is 0 Å². The fourth-order valence-electron chi connectivity index (χ4n) is 1.12. The molecular formula is C14H16Ti. The average molecular weight is 232 g/mol. The molecule has 0 saturated carbocycles. The summed E-state index contributed by atoms with van der Waals surface area (Å²) in [5, 5.41) is 0. The third-order valence-electron chi connectivity index (χ3n) is 1.88. The van der Waals surface area contributed by atoms with E-state index in [0.29, 0.717) is 0 Å². The Labute approximate surface area is 107 Å². The van der Waals surface area contributed by atoms with Gasteiger partial charge in [-0.1, -0.05) is 18.6 Å². The van der Waals surface area contributed by atoms with Gasteiger partial charge in [-0.05, 0) is 6.92 Å². The van der Waals surface area contributed by atoms with Crippen LogP contribution in [0.2, 0.25) is 0 Å². The fraction of sp³-hybridized carbons (Fsp3) is 0.143. The van der Waals surface area contributed by atoms with Gasteiger partial charge in [0.25, 0.3) is 0 Å². The van der Waals surface area contributed by atoms with Crippen molar-refractivity contribution >= 4 is 0 Å². The maximum absolute atomic E-state index is 2.16. The van der Waals surface area contributed by atoms with Crippen LogP contribution in [0.3, 0.4) is 0 Å². The van der Waals surface area contributed by atoms with Crippen molar-refractivity contribution in [1.82, 2.24) is 0 Å². The van der Waals surface area contributed by atoms with Crippen molar-refractivity contribution in [2.75, 3.05) is 0 Å². The van der Waals surface area contributed by atoms with Crippen LogP contribution < -0.4 is 0 Å². The van der Waals surface area contributed by atoms with Crippen molar-refractivity contribution in [3.63, 3.8) is 0 Å². The Morgan fingerprint density at radius 1 is 1.07 bits per heavy atom. The van der Waals surface area contributed by atoms with E-state index >= 15 is 0 Å². The van der Waals surface area contributed by atoms with Crippen LogP contribution in [-0.2, 0) is 28.1 Å². The Hall–Kier alpha value is -0.846. The molecule has 1 heteroatoms. The van der Waals surface area contributed by atoms with Gasteiger partial charge in [0.05, 0.1) is 0 Å². The van der Waals surface area contributed by atoms with Gasteiger partial charge in [-0.15, -0.1) is 0 Å². The Morgan fingerprint density at radius 2 is 1.67 bits per heavy atom. The molecule has 0 nitrogen and oxygen atoms in total. The molecule has 0 amide bonds. The van der Waals surface area contributed by atoms with Gasteiger partial charge in [0.1, 0.15) is 0 Å². The van der Waals surface area contributed by atoms with E-state index in [1.54, 1.807) is 0 Å². The van der Waals surface area contributed by atoms with Gasteiger partial charge in [0.15, 0.2) is 0 Å². The van der Waals surface area contributed by atoms with E-state index in [9.17, 15) is 0 Å². The molecule has 2 aromatic carbocycles. The van der Waals surface area contributed by atoms with Crippen LogP contribution in [0, 0.1) is 0 Å². The Bertz CT molecular complexity index is 297. The second-order valence-corrected chi connectivity index (χ2v) is 3.03. The molecule has 0 aromatic heterocycles. The van der Waals surface area contributed by atoms with Crippen LogP contribution in [0.1, 0.15) is 12.5 Å². The molecule has 15 heavy (non-hydrogen) atoms. The van der Waals surface area contributed by atoms with Gasteiger partial charge in [-0.3, -0.25) is 0 Å². The second kappa shape index (κ2) is 9.70. The molecule has 2 aromatic rings. The van der Waals surface area contributed by atoms with Crippen LogP contribution in [0.5, 0.6) is 0 Å². The van der Waals surface area contributed by atoms with Crippen LogP contribution >= 0.6 is 0 Å². The van der Waals surface area contributed by atoms with E-state index in [1.807, 2.05) is 37.3 Å². The molecule has 0 unspecified atom stereocenters. The number of hydrogen-bond donors (Lipinski definition) is 0. The summed E-state index contributed by atoms with van der Waals surface area (Å²) in [5.41, 5.74) is 1.40. The minimum atomic E-state index is 0. The molecule has 0 saturated heterocycles. The van der Waals surface area contributed by atoms with Crippen LogP contribution in [0.15, 0.2) is 66.7 Å². The summed E-state index contributed by atoms with van der Waals surface area (Å²) >= 11 is 0. The number of allylic oxidation sites excluding steroid dienone is 2. The van der Waals surface area contributed by atoms with E-state index in [1.165, 1.54) is 5.56 Å². The first-order chi connectivity index (χ1) is 6.93. The molecule has 76 valence electrons. The molecule has 0 aliphatic rings. The molecule has 2 rings (SSSR count). The maximum atomic E-state index is 2.16. The Kier molecular flexibility index (Phi) is 9.15. The molecule has 0 spiro atoms. The molecule has 0 radical (unpaired) electrons. The molecular weight excluding hydrogens is 216 g/mol. The van der Waals surface area contributed by atoms with E-state index in [0.717, 1.165) is 6.42 Å². The van der Waals surface area contributed by atoms with Crippen LogP contribution in [-0.4, -0.2) is 0 Å². The third kappa shape index (κ3) is 7.13. The molecule has 0 heterocycles. The number of hydrogen-bond acceptors (Lipinski definition) is 0. The minimum absolute atomic E-state index is 0. The summed E-state index contributed by atoms with van der Waals surface area (Å²) in [6, 6.07) is 18.4. The van der Waals surface area contributed by atoms with Crippen molar-refractivity contribution in [2.45, 2.75) is 13.3 Å². The van der Waals surface area contributed by atoms with Gasteiger partial charge < -0.3 is 0 Å². The topological polar surface area (TPSA) is 0 Å². The van der Waals surface area contributed by atoms with Crippen molar-refractivity contribution in [2.24, 2.45) is 0 Å². The Morgan fingerprint density at radius 3 is 2.07 bits per heavy atom. The predicted octanol–water partition coefficient (Wildman–Crippen LogP) is 3.93. The van der Waals surface area contributed by atoms with Gasteiger partial charge in [0, 0.05) is 0 Å². The zero-order valence-corrected chi connectivity index (χ0v) is 10.6. The zero-order chi connectivity index (χ0) is 10.1. The minimum Gasteiger partial charge on any atom is -0.214 e. The van der Waals surface area contributed by atoms with Crippen LogP contribution in [0.4, 0.5) is 0 Å². The summed E-state index contributed by atoms with van der Waals surface area (Å²) in [5.74, 6) is 0. The normalized spacial score (nSPS) is 9.13. The van der Waals surface area contributed by atoms with E-state index < -0.39 is 0 Å². The van der Waals surface area contributed by atoms with Gasteiger partial charge in [-0.25, -0.2) is 24.3 Å². The summed E-state index contributed by atoms with van der Waals surface area (Å²) < 4.78 is 0. The van der Waals surface area contributed by atoms with Crippen molar-refractivity contribution in [1.29, 1.82) is 0 Å². The molecule has 0 aliphatic carbocycles. The summed E-state index contributed by atoms with van der Waals surface area (Å²) in [6.07, 6.45) is 5.31. The first-order valence-corrected chi connectivity index (χ1v) is 4.92. The van der Waals surface area contributed by atoms with Gasteiger partial charge >= 0.3 is 21.7 Å². The smallest absolute Gasteiger partial charge is 0.214 e. The number of rotatable bonds is 2. The molecule has 0 aliphatic heterocycles. The van der Waals surface area contributed by atoms with E-state index in [-0.39, 0.29) is 21.7 Å². The summed E-state index contributed by atoms with van der Waals surface area (Å²) in [4.78, 5) is 0. The maximum Gasteiger partial charge on any atom is 2.00 e. The van der Waals surface area contributed by atoms with Gasteiger partial charge in [0.2, 0.25) is 0 Å². The van der Waals surface area contributed by atoms with E-state index in [2.05, 4.69) is 36.4 Å². The molecule has 0 atom stereocenters. The Balaban J connectivity index is 0.000000280.